The predicted octanol–water partition coefficient (Wildman–Crippen LogP) is 4.49. The minimum absolute atomic E-state index is 0.446. The Labute approximate surface area is 125 Å². The van der Waals surface area contributed by atoms with Crippen LogP contribution in [0.2, 0.25) is 10.0 Å². The zero-order valence-corrected chi connectivity index (χ0v) is 13.3. The Hall–Kier alpha value is -0.280. The fraction of sp³-hybridized carbons (Fsp3) is 0.600. The SMILES string of the molecule is CCOC(CC)(CC)C(O)Cc1cc(Cl)ccc1Cl. The molecule has 0 bridgehead atoms. The molecule has 0 aliphatic carbocycles. The van der Waals surface area contributed by atoms with Crippen LogP contribution in [0.1, 0.15) is 39.2 Å². The third kappa shape index (κ3) is 4.09. The van der Waals surface area contributed by atoms with Crippen molar-refractivity contribution in [1.29, 1.82) is 0 Å². The number of hydrogen-bond donors (Lipinski definition) is 1. The van der Waals surface area contributed by atoms with E-state index >= 15 is 0 Å². The van der Waals surface area contributed by atoms with E-state index in [4.69, 9.17) is 27.9 Å². The lowest BCUT2D eigenvalue weighted by atomic mass is 9.86. The van der Waals surface area contributed by atoms with E-state index < -0.39 is 11.7 Å². The number of aliphatic hydroxyl groups is 1. The normalized spacial score (nSPS) is 13.6. The van der Waals surface area contributed by atoms with Gasteiger partial charge in [-0.15, -0.1) is 0 Å². The van der Waals surface area contributed by atoms with Crippen LogP contribution < -0.4 is 0 Å². The summed E-state index contributed by atoms with van der Waals surface area (Å²) in [6, 6.07) is 5.30. The maximum atomic E-state index is 10.5. The van der Waals surface area contributed by atoms with Gasteiger partial charge in [0.05, 0.1) is 11.7 Å². The van der Waals surface area contributed by atoms with Gasteiger partial charge in [-0.2, -0.15) is 0 Å². The van der Waals surface area contributed by atoms with Gasteiger partial charge in [-0.3, -0.25) is 0 Å². The molecule has 1 unspecified atom stereocenters. The molecule has 0 spiro atoms. The van der Waals surface area contributed by atoms with Gasteiger partial charge in [0.15, 0.2) is 0 Å². The highest BCUT2D eigenvalue weighted by Crippen LogP contribution is 2.30. The van der Waals surface area contributed by atoms with Crippen LogP contribution in [-0.4, -0.2) is 23.4 Å². The summed E-state index contributed by atoms with van der Waals surface area (Å²) in [5, 5.41) is 11.8. The van der Waals surface area contributed by atoms with Crippen molar-refractivity contribution in [3.8, 4) is 0 Å². The van der Waals surface area contributed by atoms with Crippen molar-refractivity contribution in [3.05, 3.63) is 33.8 Å². The fourth-order valence-corrected chi connectivity index (χ4v) is 2.79. The van der Waals surface area contributed by atoms with Crippen LogP contribution in [0.25, 0.3) is 0 Å². The summed E-state index contributed by atoms with van der Waals surface area (Å²) in [4.78, 5) is 0. The second-order valence-corrected chi connectivity index (χ2v) is 5.50. The van der Waals surface area contributed by atoms with Crippen LogP contribution in [0.15, 0.2) is 18.2 Å². The summed E-state index contributed by atoms with van der Waals surface area (Å²) in [6.45, 7) is 6.59. The first-order valence-corrected chi connectivity index (χ1v) is 7.50. The van der Waals surface area contributed by atoms with E-state index in [1.54, 1.807) is 18.2 Å². The molecule has 0 saturated carbocycles. The summed E-state index contributed by atoms with van der Waals surface area (Å²) < 4.78 is 5.81. The monoisotopic (exact) mass is 304 g/mol. The van der Waals surface area contributed by atoms with Gasteiger partial charge >= 0.3 is 0 Å². The molecule has 1 rings (SSSR count). The molecule has 0 aliphatic rings. The van der Waals surface area contributed by atoms with Crippen LogP contribution in [0.4, 0.5) is 0 Å². The molecule has 0 heterocycles. The first kappa shape index (κ1) is 16.8. The van der Waals surface area contributed by atoms with Crippen LogP contribution in [-0.2, 0) is 11.2 Å². The van der Waals surface area contributed by atoms with E-state index in [1.165, 1.54) is 0 Å². The first-order valence-electron chi connectivity index (χ1n) is 6.75. The van der Waals surface area contributed by atoms with Gasteiger partial charge in [-0.1, -0.05) is 37.0 Å². The van der Waals surface area contributed by atoms with Crippen molar-refractivity contribution in [2.45, 2.75) is 51.7 Å². The van der Waals surface area contributed by atoms with Gasteiger partial charge in [0, 0.05) is 23.1 Å². The van der Waals surface area contributed by atoms with E-state index in [-0.39, 0.29) is 0 Å². The first-order chi connectivity index (χ1) is 8.99. The Balaban J connectivity index is 2.92. The number of halogens is 2. The number of rotatable bonds is 7. The molecule has 0 aliphatic heterocycles. The summed E-state index contributed by atoms with van der Waals surface area (Å²) >= 11 is 12.1. The fourth-order valence-electron chi connectivity index (χ4n) is 2.40. The van der Waals surface area contributed by atoms with E-state index in [0.717, 1.165) is 18.4 Å². The predicted molar refractivity (Wildman–Crippen MR) is 81.1 cm³/mol. The average molecular weight is 305 g/mol. The highest BCUT2D eigenvalue weighted by molar-refractivity contribution is 6.33. The molecule has 1 aromatic rings. The molecule has 0 aromatic heterocycles. The van der Waals surface area contributed by atoms with Gasteiger partial charge < -0.3 is 9.84 Å². The Kier molecular flexibility index (Phi) is 6.61. The number of benzene rings is 1. The molecule has 1 atom stereocenters. The Morgan fingerprint density at radius 3 is 2.37 bits per heavy atom. The average Bonchev–Trinajstić information content (AvgIpc) is 2.40. The molecule has 108 valence electrons. The molecule has 0 radical (unpaired) electrons. The maximum absolute atomic E-state index is 10.5. The molecular formula is C15H22Cl2O2. The highest BCUT2D eigenvalue weighted by atomic mass is 35.5. The second-order valence-electron chi connectivity index (χ2n) is 4.66. The quantitative estimate of drug-likeness (QED) is 0.804. The lowest BCUT2D eigenvalue weighted by Gasteiger charge is -2.36. The summed E-state index contributed by atoms with van der Waals surface area (Å²) in [7, 11) is 0. The topological polar surface area (TPSA) is 29.5 Å². The zero-order valence-electron chi connectivity index (χ0n) is 11.7. The van der Waals surface area contributed by atoms with Gasteiger partial charge in [0.1, 0.15) is 0 Å². The second kappa shape index (κ2) is 7.49. The number of aliphatic hydroxyl groups excluding tert-OH is 1. The van der Waals surface area contributed by atoms with Gasteiger partial charge in [0.25, 0.3) is 0 Å². The van der Waals surface area contributed by atoms with E-state index in [0.29, 0.717) is 23.1 Å². The van der Waals surface area contributed by atoms with Gasteiger partial charge in [-0.05, 0) is 43.5 Å². The van der Waals surface area contributed by atoms with Crippen molar-refractivity contribution in [3.63, 3.8) is 0 Å². The molecule has 19 heavy (non-hydrogen) atoms. The summed E-state index contributed by atoms with van der Waals surface area (Å²) in [5.74, 6) is 0. The standard InChI is InChI=1S/C15H22Cl2O2/c1-4-15(5-2,19-6-3)14(18)10-11-9-12(16)7-8-13(11)17/h7-9,14,18H,4-6,10H2,1-3H3. The Morgan fingerprint density at radius 1 is 1.21 bits per heavy atom. The van der Waals surface area contributed by atoms with Gasteiger partial charge in [-0.25, -0.2) is 0 Å². The van der Waals surface area contributed by atoms with Crippen LogP contribution in [0.5, 0.6) is 0 Å². The lowest BCUT2D eigenvalue weighted by molar-refractivity contribution is -0.124. The molecule has 0 amide bonds. The molecule has 0 fully saturated rings. The van der Waals surface area contributed by atoms with Crippen molar-refractivity contribution in [1.82, 2.24) is 0 Å². The third-order valence-corrected chi connectivity index (χ3v) is 4.26. The van der Waals surface area contributed by atoms with Crippen molar-refractivity contribution in [2.75, 3.05) is 6.61 Å². The van der Waals surface area contributed by atoms with Crippen molar-refractivity contribution < 1.29 is 9.84 Å². The Bertz CT molecular complexity index is 403. The molecule has 1 aromatic carbocycles. The van der Waals surface area contributed by atoms with Crippen molar-refractivity contribution in [2.24, 2.45) is 0 Å². The lowest BCUT2D eigenvalue weighted by Crippen LogP contribution is -2.45. The number of hydrogen-bond acceptors (Lipinski definition) is 2. The maximum Gasteiger partial charge on any atom is 0.0938 e. The largest absolute Gasteiger partial charge is 0.390 e. The van der Waals surface area contributed by atoms with E-state index in [9.17, 15) is 5.11 Å². The van der Waals surface area contributed by atoms with E-state index in [1.807, 2.05) is 20.8 Å². The molecular weight excluding hydrogens is 283 g/mol. The zero-order chi connectivity index (χ0) is 14.5. The van der Waals surface area contributed by atoms with Crippen LogP contribution in [0, 0.1) is 0 Å². The van der Waals surface area contributed by atoms with Crippen LogP contribution in [0.3, 0.4) is 0 Å². The van der Waals surface area contributed by atoms with Crippen LogP contribution >= 0.6 is 23.2 Å². The van der Waals surface area contributed by atoms with Gasteiger partial charge in [0.2, 0.25) is 0 Å². The Morgan fingerprint density at radius 2 is 1.84 bits per heavy atom. The summed E-state index contributed by atoms with van der Waals surface area (Å²) in [5.41, 5.74) is 0.341. The minimum atomic E-state index is -0.599. The minimum Gasteiger partial charge on any atom is -0.390 e. The highest BCUT2D eigenvalue weighted by Gasteiger charge is 2.35. The van der Waals surface area contributed by atoms with E-state index in [2.05, 4.69) is 0 Å². The molecule has 4 heteroatoms. The third-order valence-electron chi connectivity index (χ3n) is 3.66. The molecule has 2 nitrogen and oxygen atoms in total. The smallest absolute Gasteiger partial charge is 0.0938 e. The number of ether oxygens (including phenoxy) is 1. The summed E-state index contributed by atoms with van der Waals surface area (Å²) in [6.07, 6.45) is 1.37. The van der Waals surface area contributed by atoms with Crippen molar-refractivity contribution >= 4 is 23.2 Å². The molecule has 1 N–H and O–H groups in total. The molecule has 0 saturated heterocycles.